The first-order valence-corrected chi connectivity index (χ1v) is 5.15. The SMILES string of the molecule is CC(CN(CCCO)C(=O)O)N(C(=O)O)C(=O)O. The van der Waals surface area contributed by atoms with Gasteiger partial charge in [-0.15, -0.1) is 0 Å². The van der Waals surface area contributed by atoms with E-state index in [4.69, 9.17) is 20.4 Å². The van der Waals surface area contributed by atoms with Crippen LogP contribution in [0, 0.1) is 0 Å². The minimum Gasteiger partial charge on any atom is -0.465 e. The lowest BCUT2D eigenvalue weighted by molar-refractivity contribution is 0.0908. The van der Waals surface area contributed by atoms with Crippen LogP contribution >= 0.6 is 0 Å². The van der Waals surface area contributed by atoms with E-state index in [2.05, 4.69) is 0 Å². The van der Waals surface area contributed by atoms with Gasteiger partial charge in [0.1, 0.15) is 0 Å². The molecule has 0 aliphatic rings. The summed E-state index contributed by atoms with van der Waals surface area (Å²) in [5, 5.41) is 34.8. The van der Waals surface area contributed by atoms with Crippen molar-refractivity contribution in [3.05, 3.63) is 0 Å². The van der Waals surface area contributed by atoms with Crippen molar-refractivity contribution in [2.24, 2.45) is 0 Å². The van der Waals surface area contributed by atoms with Gasteiger partial charge in [0.15, 0.2) is 0 Å². The lowest BCUT2D eigenvalue weighted by Gasteiger charge is -2.27. The molecule has 0 rings (SSSR count). The number of amides is 3. The van der Waals surface area contributed by atoms with Crippen LogP contribution in [0.5, 0.6) is 0 Å². The van der Waals surface area contributed by atoms with Crippen molar-refractivity contribution in [3.8, 4) is 0 Å². The molecule has 0 spiro atoms. The highest BCUT2D eigenvalue weighted by Gasteiger charge is 2.28. The molecule has 0 aromatic carbocycles. The lowest BCUT2D eigenvalue weighted by Crippen LogP contribution is -2.48. The predicted molar refractivity (Wildman–Crippen MR) is 58.7 cm³/mol. The van der Waals surface area contributed by atoms with Gasteiger partial charge < -0.3 is 25.3 Å². The second kappa shape index (κ2) is 7.33. The molecule has 0 fully saturated rings. The fraction of sp³-hybridized carbons (Fsp3) is 0.667. The molecule has 0 saturated carbocycles. The van der Waals surface area contributed by atoms with E-state index in [1.54, 1.807) is 0 Å². The fourth-order valence-corrected chi connectivity index (χ4v) is 1.39. The maximum Gasteiger partial charge on any atom is 0.417 e. The summed E-state index contributed by atoms with van der Waals surface area (Å²) in [6, 6.07) is -1.03. The minimum absolute atomic E-state index is 0.00323. The van der Waals surface area contributed by atoms with Gasteiger partial charge >= 0.3 is 18.3 Å². The number of aliphatic hydroxyl groups excluding tert-OH is 1. The Morgan fingerprint density at radius 3 is 1.89 bits per heavy atom. The Labute approximate surface area is 103 Å². The Morgan fingerprint density at radius 1 is 1.06 bits per heavy atom. The van der Waals surface area contributed by atoms with E-state index in [0.29, 0.717) is 0 Å². The summed E-state index contributed by atoms with van der Waals surface area (Å²) in [6.07, 6.45) is -4.44. The normalized spacial score (nSPS) is 11.7. The zero-order valence-electron chi connectivity index (χ0n) is 9.81. The first-order chi connectivity index (χ1) is 8.31. The molecule has 0 aromatic rings. The summed E-state index contributed by atoms with van der Waals surface area (Å²) < 4.78 is 0. The summed E-state index contributed by atoms with van der Waals surface area (Å²) in [5.74, 6) is 0. The molecule has 4 N–H and O–H groups in total. The van der Waals surface area contributed by atoms with E-state index in [9.17, 15) is 14.4 Å². The quantitative estimate of drug-likeness (QED) is 0.544. The maximum absolute atomic E-state index is 10.8. The average molecular weight is 264 g/mol. The number of carboxylic acid groups (broad SMARTS) is 3. The molecular formula is C9H16N2O7. The third-order valence-corrected chi connectivity index (χ3v) is 2.19. The molecule has 0 heterocycles. The van der Waals surface area contributed by atoms with E-state index >= 15 is 0 Å². The average Bonchev–Trinajstić information content (AvgIpc) is 2.22. The molecule has 9 heteroatoms. The Morgan fingerprint density at radius 2 is 1.56 bits per heavy atom. The summed E-state index contributed by atoms with van der Waals surface area (Å²) in [4.78, 5) is 33.2. The van der Waals surface area contributed by atoms with Crippen LogP contribution in [0.2, 0.25) is 0 Å². The molecule has 104 valence electrons. The molecule has 0 aliphatic heterocycles. The van der Waals surface area contributed by atoms with Crippen LogP contribution in [0.3, 0.4) is 0 Å². The number of aliphatic hydroxyl groups is 1. The maximum atomic E-state index is 10.8. The number of hydrogen-bond acceptors (Lipinski definition) is 4. The zero-order valence-corrected chi connectivity index (χ0v) is 9.81. The van der Waals surface area contributed by atoms with Gasteiger partial charge in [-0.2, -0.15) is 0 Å². The van der Waals surface area contributed by atoms with Gasteiger partial charge in [-0.3, -0.25) is 0 Å². The van der Waals surface area contributed by atoms with Crippen LogP contribution in [0.1, 0.15) is 13.3 Å². The van der Waals surface area contributed by atoms with Crippen LogP contribution in [0.15, 0.2) is 0 Å². The molecule has 0 bridgehead atoms. The van der Waals surface area contributed by atoms with E-state index < -0.39 is 24.3 Å². The predicted octanol–water partition coefficient (Wildman–Crippen LogP) is 0.395. The minimum atomic E-state index is -1.66. The number of carbonyl (C=O) groups is 3. The second-order valence-corrected chi connectivity index (χ2v) is 3.59. The number of hydrogen-bond donors (Lipinski definition) is 4. The molecule has 1 unspecified atom stereocenters. The third-order valence-electron chi connectivity index (χ3n) is 2.19. The van der Waals surface area contributed by atoms with Crippen molar-refractivity contribution < 1.29 is 34.8 Å². The van der Waals surface area contributed by atoms with Gasteiger partial charge in [-0.05, 0) is 13.3 Å². The molecule has 0 radical (unpaired) electrons. The highest BCUT2D eigenvalue weighted by Crippen LogP contribution is 2.05. The van der Waals surface area contributed by atoms with Crippen molar-refractivity contribution in [2.45, 2.75) is 19.4 Å². The second-order valence-electron chi connectivity index (χ2n) is 3.59. The van der Waals surface area contributed by atoms with Gasteiger partial charge in [0.05, 0.1) is 6.04 Å². The van der Waals surface area contributed by atoms with Crippen LogP contribution in [-0.2, 0) is 0 Å². The highest BCUT2D eigenvalue weighted by atomic mass is 16.4. The van der Waals surface area contributed by atoms with Gasteiger partial charge in [-0.25, -0.2) is 19.3 Å². The molecule has 3 amide bonds. The van der Waals surface area contributed by atoms with Gasteiger partial charge in [0.25, 0.3) is 0 Å². The van der Waals surface area contributed by atoms with E-state index in [-0.39, 0.29) is 31.0 Å². The number of nitrogens with zero attached hydrogens (tertiary/aromatic N) is 2. The molecule has 1 atom stereocenters. The Bertz CT molecular complexity index is 306. The fourth-order valence-electron chi connectivity index (χ4n) is 1.39. The van der Waals surface area contributed by atoms with Gasteiger partial charge in [0.2, 0.25) is 0 Å². The number of rotatable bonds is 6. The van der Waals surface area contributed by atoms with Crippen LogP contribution < -0.4 is 0 Å². The Hall–Kier alpha value is -2.03. The highest BCUT2D eigenvalue weighted by molar-refractivity contribution is 5.86. The smallest absolute Gasteiger partial charge is 0.417 e. The monoisotopic (exact) mass is 264 g/mol. The van der Waals surface area contributed by atoms with E-state index in [1.165, 1.54) is 6.92 Å². The van der Waals surface area contributed by atoms with Crippen molar-refractivity contribution >= 4 is 18.3 Å². The van der Waals surface area contributed by atoms with Crippen LogP contribution in [0.4, 0.5) is 14.4 Å². The van der Waals surface area contributed by atoms with Crippen LogP contribution in [-0.4, -0.2) is 74.2 Å². The zero-order chi connectivity index (χ0) is 14.3. The van der Waals surface area contributed by atoms with Crippen molar-refractivity contribution in [1.29, 1.82) is 0 Å². The Kier molecular flexibility index (Phi) is 6.50. The van der Waals surface area contributed by atoms with Crippen molar-refractivity contribution in [3.63, 3.8) is 0 Å². The molecule has 0 saturated heterocycles. The topological polar surface area (TPSA) is 139 Å². The lowest BCUT2D eigenvalue weighted by atomic mass is 10.2. The summed E-state index contributed by atoms with van der Waals surface area (Å²) in [5.41, 5.74) is 0. The molecule has 9 nitrogen and oxygen atoms in total. The van der Waals surface area contributed by atoms with Gasteiger partial charge in [0, 0.05) is 19.7 Å². The van der Waals surface area contributed by atoms with Gasteiger partial charge in [-0.1, -0.05) is 0 Å². The standard InChI is InChI=1S/C9H16N2O7/c1-6(11(8(15)16)9(17)18)5-10(7(13)14)3-2-4-12/h6,12H,2-5H2,1H3,(H,13,14)(H,15,16)(H,17,18). The molecular weight excluding hydrogens is 248 g/mol. The number of imide groups is 1. The first-order valence-electron chi connectivity index (χ1n) is 5.15. The summed E-state index contributed by atoms with van der Waals surface area (Å²) in [7, 11) is 0. The summed E-state index contributed by atoms with van der Waals surface area (Å²) >= 11 is 0. The largest absolute Gasteiger partial charge is 0.465 e. The molecule has 18 heavy (non-hydrogen) atoms. The molecule has 0 aromatic heterocycles. The Balaban J connectivity index is 4.65. The van der Waals surface area contributed by atoms with E-state index in [1.807, 2.05) is 0 Å². The third kappa shape index (κ3) is 4.87. The summed E-state index contributed by atoms with van der Waals surface area (Å²) in [6.45, 7) is 0.800. The van der Waals surface area contributed by atoms with Crippen molar-refractivity contribution in [2.75, 3.05) is 19.7 Å². The molecule has 0 aliphatic carbocycles. The first kappa shape index (κ1) is 16.0. The van der Waals surface area contributed by atoms with Crippen LogP contribution in [0.25, 0.3) is 0 Å². The van der Waals surface area contributed by atoms with E-state index in [0.717, 1.165) is 4.90 Å². The van der Waals surface area contributed by atoms with Crippen molar-refractivity contribution in [1.82, 2.24) is 9.80 Å².